The van der Waals surface area contributed by atoms with Gasteiger partial charge >= 0.3 is 0 Å². The molecule has 1 saturated heterocycles. The Bertz CT molecular complexity index is 982. The van der Waals surface area contributed by atoms with E-state index in [1.165, 1.54) is 17.7 Å². The first-order chi connectivity index (χ1) is 15.2. The first-order valence-corrected chi connectivity index (χ1v) is 10.3. The lowest BCUT2D eigenvalue weighted by Crippen LogP contribution is -2.38. The molecule has 1 aliphatic rings. The predicted molar refractivity (Wildman–Crippen MR) is 117 cm³/mol. The minimum Gasteiger partial charge on any atom is -0.497 e. The average molecular weight is 423 g/mol. The second-order valence-electron chi connectivity index (χ2n) is 7.70. The van der Waals surface area contributed by atoms with Crippen LogP contribution >= 0.6 is 0 Å². The van der Waals surface area contributed by atoms with E-state index in [2.05, 4.69) is 9.88 Å². The molecule has 0 aliphatic carbocycles. The summed E-state index contributed by atoms with van der Waals surface area (Å²) < 4.78 is 30.4. The Balaban J connectivity index is 1.65. The van der Waals surface area contributed by atoms with Crippen molar-refractivity contribution in [3.8, 4) is 11.5 Å². The number of nitrogens with zero attached hydrogens (tertiary/aromatic N) is 2. The Labute approximate surface area is 182 Å². The number of methoxy groups -OCH3 is 2. The van der Waals surface area contributed by atoms with Crippen LogP contribution in [0.1, 0.15) is 22.6 Å². The SMILES string of the molecule is COc1ccc(CN(Cc2ccncc2)[C@@H]2COC[C@H]2c2ccc(F)cc2)c(OC)c1. The highest BCUT2D eigenvalue weighted by Crippen LogP contribution is 2.33. The smallest absolute Gasteiger partial charge is 0.127 e. The number of halogens is 1. The Morgan fingerprint density at radius 1 is 0.968 bits per heavy atom. The zero-order valence-electron chi connectivity index (χ0n) is 17.8. The van der Waals surface area contributed by atoms with Gasteiger partial charge in [-0.25, -0.2) is 4.39 Å². The molecule has 0 unspecified atom stereocenters. The zero-order valence-corrected chi connectivity index (χ0v) is 17.8. The molecule has 6 heteroatoms. The highest BCUT2D eigenvalue weighted by Gasteiger charge is 2.34. The largest absolute Gasteiger partial charge is 0.497 e. The van der Waals surface area contributed by atoms with Crippen molar-refractivity contribution in [3.63, 3.8) is 0 Å². The molecule has 0 N–H and O–H groups in total. The maximum absolute atomic E-state index is 13.5. The van der Waals surface area contributed by atoms with Gasteiger partial charge in [-0.1, -0.05) is 18.2 Å². The number of pyridine rings is 1. The summed E-state index contributed by atoms with van der Waals surface area (Å²) >= 11 is 0. The summed E-state index contributed by atoms with van der Waals surface area (Å²) in [5.41, 5.74) is 3.33. The number of benzene rings is 2. The minimum absolute atomic E-state index is 0.144. The Morgan fingerprint density at radius 3 is 2.45 bits per heavy atom. The second-order valence-corrected chi connectivity index (χ2v) is 7.70. The quantitative estimate of drug-likeness (QED) is 0.538. The molecule has 5 nitrogen and oxygen atoms in total. The summed E-state index contributed by atoms with van der Waals surface area (Å²) in [6, 6.07) is 16.9. The highest BCUT2D eigenvalue weighted by atomic mass is 19.1. The second kappa shape index (κ2) is 9.90. The Hall–Kier alpha value is -2.96. The van der Waals surface area contributed by atoms with Crippen molar-refractivity contribution >= 4 is 0 Å². The van der Waals surface area contributed by atoms with E-state index in [9.17, 15) is 4.39 Å². The van der Waals surface area contributed by atoms with Crippen LogP contribution in [-0.4, -0.2) is 43.4 Å². The average Bonchev–Trinajstić information content (AvgIpc) is 3.30. The topological polar surface area (TPSA) is 43.8 Å². The van der Waals surface area contributed by atoms with Crippen molar-refractivity contribution in [3.05, 3.63) is 89.5 Å². The van der Waals surface area contributed by atoms with Crippen LogP contribution in [0, 0.1) is 5.82 Å². The molecule has 2 heterocycles. The number of rotatable bonds is 8. The van der Waals surface area contributed by atoms with E-state index in [1.54, 1.807) is 14.2 Å². The van der Waals surface area contributed by atoms with E-state index in [4.69, 9.17) is 14.2 Å². The summed E-state index contributed by atoms with van der Waals surface area (Å²) in [4.78, 5) is 6.54. The van der Waals surface area contributed by atoms with Gasteiger partial charge in [0.1, 0.15) is 17.3 Å². The monoisotopic (exact) mass is 422 g/mol. The summed E-state index contributed by atoms with van der Waals surface area (Å²) in [5, 5.41) is 0. The number of hydrogen-bond donors (Lipinski definition) is 0. The Morgan fingerprint density at radius 2 is 1.74 bits per heavy atom. The van der Waals surface area contributed by atoms with Gasteiger partial charge in [0.05, 0.1) is 27.4 Å². The van der Waals surface area contributed by atoms with Crippen molar-refractivity contribution in [1.29, 1.82) is 0 Å². The number of ether oxygens (including phenoxy) is 3. The van der Waals surface area contributed by atoms with Crippen LogP contribution in [0.4, 0.5) is 4.39 Å². The summed E-state index contributed by atoms with van der Waals surface area (Å²) in [5.74, 6) is 1.48. The molecule has 162 valence electrons. The molecule has 4 rings (SSSR count). The molecule has 0 radical (unpaired) electrons. The molecule has 0 saturated carbocycles. The van der Waals surface area contributed by atoms with E-state index in [0.717, 1.165) is 29.2 Å². The molecule has 0 spiro atoms. The van der Waals surface area contributed by atoms with Gasteiger partial charge in [-0.05, 0) is 41.5 Å². The van der Waals surface area contributed by atoms with Gasteiger partial charge in [0.25, 0.3) is 0 Å². The molecular formula is C25H27FN2O3. The van der Waals surface area contributed by atoms with Crippen LogP contribution in [0.3, 0.4) is 0 Å². The van der Waals surface area contributed by atoms with E-state index >= 15 is 0 Å². The van der Waals surface area contributed by atoms with Gasteiger partial charge in [0.2, 0.25) is 0 Å². The van der Waals surface area contributed by atoms with Crippen LogP contribution in [0.5, 0.6) is 11.5 Å². The normalized spacial score (nSPS) is 18.3. The van der Waals surface area contributed by atoms with Crippen molar-refractivity contribution in [1.82, 2.24) is 9.88 Å². The summed E-state index contributed by atoms with van der Waals surface area (Å²) in [6.07, 6.45) is 3.62. The predicted octanol–water partition coefficient (Wildman–Crippen LogP) is 4.42. The van der Waals surface area contributed by atoms with E-state index in [-0.39, 0.29) is 17.8 Å². The van der Waals surface area contributed by atoms with Crippen molar-refractivity contribution in [2.75, 3.05) is 27.4 Å². The van der Waals surface area contributed by atoms with Gasteiger partial charge in [-0.2, -0.15) is 0 Å². The van der Waals surface area contributed by atoms with Gasteiger partial charge < -0.3 is 14.2 Å². The lowest BCUT2D eigenvalue weighted by Gasteiger charge is -2.32. The lowest BCUT2D eigenvalue weighted by atomic mass is 9.92. The molecule has 3 aromatic rings. The van der Waals surface area contributed by atoms with Crippen LogP contribution in [0.2, 0.25) is 0 Å². The molecule has 2 aromatic carbocycles. The van der Waals surface area contributed by atoms with Crippen molar-refractivity contribution in [2.24, 2.45) is 0 Å². The van der Waals surface area contributed by atoms with E-state index in [0.29, 0.717) is 19.8 Å². The fourth-order valence-corrected chi connectivity index (χ4v) is 4.15. The third kappa shape index (κ3) is 5.03. The first kappa shape index (κ1) is 21.3. The van der Waals surface area contributed by atoms with Gasteiger partial charge in [-0.3, -0.25) is 9.88 Å². The van der Waals surface area contributed by atoms with E-state index < -0.39 is 0 Å². The molecule has 1 aliphatic heterocycles. The fraction of sp³-hybridized carbons (Fsp3) is 0.320. The number of hydrogen-bond acceptors (Lipinski definition) is 5. The van der Waals surface area contributed by atoms with E-state index in [1.807, 2.05) is 54.9 Å². The van der Waals surface area contributed by atoms with Crippen LogP contribution < -0.4 is 9.47 Å². The molecular weight excluding hydrogens is 395 g/mol. The maximum atomic E-state index is 13.5. The van der Waals surface area contributed by atoms with Gasteiger partial charge in [0, 0.05) is 49.1 Å². The molecule has 31 heavy (non-hydrogen) atoms. The van der Waals surface area contributed by atoms with Crippen LogP contribution in [0.15, 0.2) is 67.0 Å². The molecule has 1 aromatic heterocycles. The highest BCUT2D eigenvalue weighted by molar-refractivity contribution is 5.41. The van der Waals surface area contributed by atoms with Crippen LogP contribution in [0.25, 0.3) is 0 Å². The first-order valence-electron chi connectivity index (χ1n) is 10.3. The standard InChI is InChI=1S/C25H27FN2O3/c1-29-22-8-5-20(25(13-22)30-2)15-28(14-18-9-11-27-12-10-18)24-17-31-16-23(24)19-3-6-21(26)7-4-19/h3-13,23-24H,14-17H2,1-2H3/t23-,24+/m0/s1. The molecule has 1 fully saturated rings. The molecule has 0 amide bonds. The fourth-order valence-electron chi connectivity index (χ4n) is 4.15. The van der Waals surface area contributed by atoms with Gasteiger partial charge in [0.15, 0.2) is 0 Å². The Kier molecular flexibility index (Phi) is 6.79. The molecule has 2 atom stereocenters. The number of aromatic nitrogens is 1. The van der Waals surface area contributed by atoms with Crippen molar-refractivity contribution < 1.29 is 18.6 Å². The zero-order chi connectivity index (χ0) is 21.6. The minimum atomic E-state index is -0.226. The summed E-state index contributed by atoms with van der Waals surface area (Å²) in [7, 11) is 3.32. The molecule has 0 bridgehead atoms. The maximum Gasteiger partial charge on any atom is 0.127 e. The van der Waals surface area contributed by atoms with Crippen LogP contribution in [-0.2, 0) is 17.8 Å². The van der Waals surface area contributed by atoms with Gasteiger partial charge in [-0.15, -0.1) is 0 Å². The lowest BCUT2D eigenvalue weighted by molar-refractivity contribution is 0.131. The summed E-state index contributed by atoms with van der Waals surface area (Å²) in [6.45, 7) is 2.65. The third-order valence-corrected chi connectivity index (χ3v) is 5.82. The van der Waals surface area contributed by atoms with Crippen molar-refractivity contribution in [2.45, 2.75) is 25.0 Å². The third-order valence-electron chi connectivity index (χ3n) is 5.82.